The third kappa shape index (κ3) is 4.17. The van der Waals surface area contributed by atoms with Crippen LogP contribution in [-0.2, 0) is 20.8 Å². The maximum Gasteiger partial charge on any atom is 0.265 e. The van der Waals surface area contributed by atoms with E-state index < -0.39 is 5.91 Å². The Balaban J connectivity index is 1.49. The molecule has 0 saturated heterocycles. The molecule has 0 radical (unpaired) electrons. The van der Waals surface area contributed by atoms with E-state index in [0.29, 0.717) is 23.6 Å². The summed E-state index contributed by atoms with van der Waals surface area (Å²) in [6.07, 6.45) is 2.14. The van der Waals surface area contributed by atoms with E-state index in [-0.39, 0.29) is 31.4 Å². The molecule has 0 spiro atoms. The van der Waals surface area contributed by atoms with Crippen molar-refractivity contribution in [2.75, 3.05) is 18.1 Å². The van der Waals surface area contributed by atoms with Crippen LogP contribution in [0.3, 0.4) is 0 Å². The molecule has 1 aliphatic rings. The number of aryl methyl sites for hydroxylation is 1. The molecule has 2 heterocycles. The molecular formula is C17H17N3O5. The standard InChI is InChI=1S/C17H17N3O5/c21-15(8-7-12-4-3-9-24-12)18-19-16(22)10-20-13-5-1-2-6-14(13)25-11-17(20)23/h1-6,9H,7-8,10-11H2,(H,18,21)(H,19,22). The number of carbonyl (C=O) groups excluding carboxylic acids is 3. The van der Waals surface area contributed by atoms with Crippen LogP contribution in [0, 0.1) is 0 Å². The number of benzene rings is 1. The summed E-state index contributed by atoms with van der Waals surface area (Å²) in [6.45, 7) is -0.336. The molecule has 1 aromatic carbocycles. The zero-order valence-corrected chi connectivity index (χ0v) is 13.4. The summed E-state index contributed by atoms with van der Waals surface area (Å²) in [5, 5.41) is 0. The quantitative estimate of drug-likeness (QED) is 0.782. The van der Waals surface area contributed by atoms with Gasteiger partial charge in [-0.25, -0.2) is 0 Å². The highest BCUT2D eigenvalue weighted by molar-refractivity contribution is 6.02. The van der Waals surface area contributed by atoms with Crippen LogP contribution in [0.25, 0.3) is 0 Å². The number of nitrogens with zero attached hydrogens (tertiary/aromatic N) is 1. The van der Waals surface area contributed by atoms with Crippen LogP contribution in [0.5, 0.6) is 5.75 Å². The average molecular weight is 343 g/mol. The fraction of sp³-hybridized carbons (Fsp3) is 0.235. The number of fused-ring (bicyclic) bond motifs is 1. The molecule has 0 aliphatic carbocycles. The van der Waals surface area contributed by atoms with E-state index in [4.69, 9.17) is 9.15 Å². The number of ether oxygens (including phenoxy) is 1. The predicted molar refractivity (Wildman–Crippen MR) is 87.6 cm³/mol. The van der Waals surface area contributed by atoms with Crippen LogP contribution in [0.1, 0.15) is 12.2 Å². The Kier molecular flexibility index (Phi) is 4.98. The first-order valence-electron chi connectivity index (χ1n) is 7.76. The lowest BCUT2D eigenvalue weighted by Gasteiger charge is -2.28. The molecule has 1 aromatic heterocycles. The maximum atomic E-state index is 12.0. The van der Waals surface area contributed by atoms with Gasteiger partial charge in [0, 0.05) is 12.8 Å². The zero-order valence-electron chi connectivity index (χ0n) is 13.4. The van der Waals surface area contributed by atoms with Gasteiger partial charge in [-0.2, -0.15) is 0 Å². The summed E-state index contributed by atoms with van der Waals surface area (Å²) in [5.41, 5.74) is 5.16. The minimum Gasteiger partial charge on any atom is -0.482 e. The van der Waals surface area contributed by atoms with E-state index >= 15 is 0 Å². The normalized spacial score (nSPS) is 13.0. The number of amides is 3. The molecule has 3 amide bonds. The summed E-state index contributed by atoms with van der Waals surface area (Å²) in [5.74, 6) is 0.0576. The Labute approximate surface area is 143 Å². The molecule has 1 aliphatic heterocycles. The Morgan fingerprint density at radius 3 is 2.68 bits per heavy atom. The van der Waals surface area contributed by atoms with Crippen molar-refractivity contribution in [1.29, 1.82) is 0 Å². The van der Waals surface area contributed by atoms with Crippen LogP contribution in [-0.4, -0.2) is 30.9 Å². The van der Waals surface area contributed by atoms with Crippen LogP contribution in [0.4, 0.5) is 5.69 Å². The molecule has 0 atom stereocenters. The van der Waals surface area contributed by atoms with Gasteiger partial charge in [0.05, 0.1) is 12.0 Å². The second-order valence-electron chi connectivity index (χ2n) is 5.41. The summed E-state index contributed by atoms with van der Waals surface area (Å²) in [6, 6.07) is 10.5. The first-order chi connectivity index (χ1) is 12.1. The smallest absolute Gasteiger partial charge is 0.265 e. The van der Waals surface area contributed by atoms with Gasteiger partial charge in [-0.1, -0.05) is 12.1 Å². The Hall–Kier alpha value is -3.29. The van der Waals surface area contributed by atoms with Gasteiger partial charge in [-0.05, 0) is 24.3 Å². The summed E-state index contributed by atoms with van der Waals surface area (Å²) >= 11 is 0. The van der Waals surface area contributed by atoms with Gasteiger partial charge < -0.3 is 9.15 Å². The van der Waals surface area contributed by atoms with Crippen molar-refractivity contribution in [3.63, 3.8) is 0 Å². The molecule has 8 heteroatoms. The van der Waals surface area contributed by atoms with Gasteiger partial charge in [0.1, 0.15) is 18.1 Å². The fourth-order valence-corrected chi connectivity index (χ4v) is 2.40. The molecule has 0 unspecified atom stereocenters. The monoisotopic (exact) mass is 343 g/mol. The topological polar surface area (TPSA) is 101 Å². The van der Waals surface area contributed by atoms with Crippen molar-refractivity contribution in [3.8, 4) is 5.75 Å². The predicted octanol–water partition coefficient (Wildman–Crippen LogP) is 0.785. The summed E-state index contributed by atoms with van der Waals surface area (Å²) < 4.78 is 10.4. The van der Waals surface area contributed by atoms with E-state index in [0.717, 1.165) is 0 Å². The Bertz CT molecular complexity index is 772. The van der Waals surface area contributed by atoms with Crippen molar-refractivity contribution >= 4 is 23.4 Å². The third-order valence-corrected chi connectivity index (χ3v) is 3.63. The van der Waals surface area contributed by atoms with Crippen LogP contribution < -0.4 is 20.5 Å². The van der Waals surface area contributed by atoms with Crippen LogP contribution in [0.2, 0.25) is 0 Å². The van der Waals surface area contributed by atoms with E-state index in [2.05, 4.69) is 10.9 Å². The number of hydrazine groups is 1. The molecule has 0 bridgehead atoms. The highest BCUT2D eigenvalue weighted by Crippen LogP contribution is 2.30. The van der Waals surface area contributed by atoms with Crippen molar-refractivity contribution in [3.05, 3.63) is 48.4 Å². The lowest BCUT2D eigenvalue weighted by molar-refractivity contribution is -0.129. The number of nitrogens with one attached hydrogen (secondary N) is 2. The summed E-state index contributed by atoms with van der Waals surface area (Å²) in [4.78, 5) is 37.1. The number of furan rings is 1. The number of carbonyl (C=O) groups is 3. The van der Waals surface area contributed by atoms with Gasteiger partial charge in [0.2, 0.25) is 5.91 Å². The molecule has 130 valence electrons. The highest BCUT2D eigenvalue weighted by Gasteiger charge is 2.26. The van der Waals surface area contributed by atoms with Gasteiger partial charge in [0.15, 0.2) is 6.61 Å². The lowest BCUT2D eigenvalue weighted by Crippen LogP contribution is -2.49. The minimum absolute atomic E-state index is 0.125. The molecule has 2 N–H and O–H groups in total. The van der Waals surface area contributed by atoms with E-state index in [1.54, 1.807) is 36.4 Å². The number of para-hydroxylation sites is 2. The van der Waals surface area contributed by atoms with E-state index in [1.807, 2.05) is 0 Å². The largest absolute Gasteiger partial charge is 0.482 e. The second kappa shape index (κ2) is 7.52. The van der Waals surface area contributed by atoms with Gasteiger partial charge in [-0.3, -0.25) is 30.1 Å². The molecule has 3 rings (SSSR count). The molecule has 0 saturated carbocycles. The Morgan fingerprint density at radius 1 is 1.08 bits per heavy atom. The average Bonchev–Trinajstić information content (AvgIpc) is 3.14. The summed E-state index contributed by atoms with van der Waals surface area (Å²) in [7, 11) is 0. The second-order valence-corrected chi connectivity index (χ2v) is 5.41. The zero-order chi connectivity index (χ0) is 17.6. The van der Waals surface area contributed by atoms with Gasteiger partial charge in [-0.15, -0.1) is 0 Å². The van der Waals surface area contributed by atoms with Crippen LogP contribution in [0.15, 0.2) is 47.1 Å². The minimum atomic E-state index is -0.503. The molecule has 2 aromatic rings. The number of hydrogen-bond donors (Lipinski definition) is 2. The van der Waals surface area contributed by atoms with E-state index in [9.17, 15) is 14.4 Å². The first-order valence-corrected chi connectivity index (χ1v) is 7.76. The molecular weight excluding hydrogens is 326 g/mol. The third-order valence-electron chi connectivity index (χ3n) is 3.63. The molecule has 8 nitrogen and oxygen atoms in total. The lowest BCUT2D eigenvalue weighted by atomic mass is 10.2. The number of anilines is 1. The molecule has 25 heavy (non-hydrogen) atoms. The number of hydrogen-bond acceptors (Lipinski definition) is 5. The Morgan fingerprint density at radius 2 is 1.88 bits per heavy atom. The fourth-order valence-electron chi connectivity index (χ4n) is 2.40. The van der Waals surface area contributed by atoms with Gasteiger partial charge in [0.25, 0.3) is 11.8 Å². The van der Waals surface area contributed by atoms with Crippen molar-refractivity contribution in [1.82, 2.24) is 10.9 Å². The van der Waals surface area contributed by atoms with Crippen molar-refractivity contribution in [2.45, 2.75) is 12.8 Å². The molecule has 0 fully saturated rings. The SMILES string of the molecule is O=C(CCc1ccco1)NNC(=O)CN1C(=O)COc2ccccc21. The first kappa shape index (κ1) is 16.6. The van der Waals surface area contributed by atoms with Gasteiger partial charge >= 0.3 is 0 Å². The highest BCUT2D eigenvalue weighted by atomic mass is 16.5. The maximum absolute atomic E-state index is 12.0. The van der Waals surface area contributed by atoms with Crippen molar-refractivity contribution < 1.29 is 23.5 Å². The van der Waals surface area contributed by atoms with E-state index in [1.165, 1.54) is 11.2 Å². The number of rotatable bonds is 5. The van der Waals surface area contributed by atoms with Crippen molar-refractivity contribution in [2.24, 2.45) is 0 Å². The van der Waals surface area contributed by atoms with Crippen LogP contribution >= 0.6 is 0 Å².